The molecule has 3 rings (SSSR count). The van der Waals surface area contributed by atoms with Gasteiger partial charge in [-0.25, -0.2) is 9.97 Å². The van der Waals surface area contributed by atoms with Crippen LogP contribution in [0.3, 0.4) is 0 Å². The fourth-order valence-electron chi connectivity index (χ4n) is 3.15. The van der Waals surface area contributed by atoms with Gasteiger partial charge in [0.05, 0.1) is 6.54 Å². The number of thioether (sulfide) groups is 1. The molecule has 0 bridgehead atoms. The van der Waals surface area contributed by atoms with Crippen LogP contribution in [-0.2, 0) is 6.42 Å². The summed E-state index contributed by atoms with van der Waals surface area (Å²) in [6, 6.07) is 0. The standard InChI is InChI=1S/C20H27N5OS4/c1-10(2)7-13-12(24-20(29-13)19-22-5-6-28-19)9-23-17(26)15-14(8-11(3)4)30-18(25-15)16(21)27/h5-6,10-11,13,20H,7-9H2,1-4H3,(H2,21,27)(H,23,26). The van der Waals surface area contributed by atoms with Gasteiger partial charge in [-0.05, 0) is 24.7 Å². The summed E-state index contributed by atoms with van der Waals surface area (Å²) in [4.78, 5) is 27.8. The van der Waals surface area contributed by atoms with E-state index in [1.807, 2.05) is 23.3 Å². The topological polar surface area (TPSA) is 93.3 Å². The molecule has 6 nitrogen and oxygen atoms in total. The van der Waals surface area contributed by atoms with E-state index < -0.39 is 0 Å². The highest BCUT2D eigenvalue weighted by atomic mass is 32.2. The van der Waals surface area contributed by atoms with E-state index in [-0.39, 0.29) is 21.5 Å². The van der Waals surface area contributed by atoms with E-state index in [0.717, 1.165) is 28.4 Å². The number of aromatic nitrogens is 2. The van der Waals surface area contributed by atoms with Crippen molar-refractivity contribution in [2.45, 2.75) is 51.2 Å². The van der Waals surface area contributed by atoms with Crippen LogP contribution in [0.5, 0.6) is 0 Å². The van der Waals surface area contributed by atoms with E-state index in [0.29, 0.717) is 29.1 Å². The van der Waals surface area contributed by atoms with E-state index in [2.05, 4.69) is 43.0 Å². The number of amides is 1. The van der Waals surface area contributed by atoms with Crippen LogP contribution < -0.4 is 11.1 Å². The number of hydrogen-bond donors (Lipinski definition) is 2. The zero-order chi connectivity index (χ0) is 21.8. The Labute approximate surface area is 195 Å². The first-order valence-corrected chi connectivity index (χ1v) is 13.0. The quantitative estimate of drug-likeness (QED) is 0.514. The van der Waals surface area contributed by atoms with Gasteiger partial charge in [-0.2, -0.15) is 0 Å². The Morgan fingerprint density at radius 1 is 1.30 bits per heavy atom. The number of carbonyl (C=O) groups excluding carboxylic acids is 1. The third-order valence-electron chi connectivity index (χ3n) is 4.44. The predicted molar refractivity (Wildman–Crippen MR) is 132 cm³/mol. The van der Waals surface area contributed by atoms with Crippen molar-refractivity contribution in [3.8, 4) is 0 Å². The molecule has 0 saturated heterocycles. The lowest BCUT2D eigenvalue weighted by Gasteiger charge is -2.15. The number of hydrogen-bond acceptors (Lipinski definition) is 8. The molecule has 1 aliphatic heterocycles. The largest absolute Gasteiger partial charge is 0.387 e. The molecule has 0 aliphatic carbocycles. The number of carbonyl (C=O) groups is 1. The maximum atomic E-state index is 13.0. The van der Waals surface area contributed by atoms with Gasteiger partial charge < -0.3 is 11.1 Å². The van der Waals surface area contributed by atoms with Crippen LogP contribution in [0.25, 0.3) is 0 Å². The van der Waals surface area contributed by atoms with Crippen molar-refractivity contribution >= 4 is 63.3 Å². The normalized spacial score (nSPS) is 18.8. The number of thiazole rings is 2. The molecule has 162 valence electrons. The SMILES string of the molecule is CC(C)Cc1sc(C(N)=S)nc1C(=O)NCC1=NC(c2nccs2)SC1CC(C)C. The van der Waals surface area contributed by atoms with Crippen LogP contribution in [-0.4, -0.2) is 38.4 Å². The Balaban J connectivity index is 1.74. The molecule has 2 aromatic rings. The zero-order valence-electron chi connectivity index (χ0n) is 17.5. The maximum absolute atomic E-state index is 13.0. The summed E-state index contributed by atoms with van der Waals surface area (Å²) < 4.78 is 0. The molecule has 0 radical (unpaired) electrons. The summed E-state index contributed by atoms with van der Waals surface area (Å²) >= 11 is 9.91. The highest BCUT2D eigenvalue weighted by Crippen LogP contribution is 2.42. The van der Waals surface area contributed by atoms with Gasteiger partial charge >= 0.3 is 0 Å². The van der Waals surface area contributed by atoms with Gasteiger partial charge in [0.25, 0.3) is 5.91 Å². The Morgan fingerprint density at radius 2 is 2.07 bits per heavy atom. The van der Waals surface area contributed by atoms with Crippen molar-refractivity contribution < 1.29 is 4.79 Å². The summed E-state index contributed by atoms with van der Waals surface area (Å²) in [5.74, 6) is 0.752. The summed E-state index contributed by atoms with van der Waals surface area (Å²) in [6.07, 6.45) is 3.59. The molecule has 3 N–H and O–H groups in total. The van der Waals surface area contributed by atoms with Crippen LogP contribution in [0.1, 0.15) is 64.9 Å². The Morgan fingerprint density at radius 3 is 2.67 bits per heavy atom. The number of rotatable bonds is 9. The first-order valence-electron chi connectivity index (χ1n) is 9.93. The second kappa shape index (κ2) is 10.3. The molecule has 2 unspecified atom stereocenters. The summed E-state index contributed by atoms with van der Waals surface area (Å²) in [6.45, 7) is 9.05. The number of aliphatic imine (C=N–C) groups is 1. The predicted octanol–water partition coefficient (Wildman–Crippen LogP) is 4.46. The molecule has 1 amide bonds. The van der Waals surface area contributed by atoms with Crippen molar-refractivity contribution in [1.82, 2.24) is 15.3 Å². The summed E-state index contributed by atoms with van der Waals surface area (Å²) in [7, 11) is 0. The van der Waals surface area contributed by atoms with Crippen molar-refractivity contribution in [3.05, 3.63) is 32.2 Å². The Bertz CT molecular complexity index is 920. The van der Waals surface area contributed by atoms with Crippen LogP contribution >= 0.6 is 46.7 Å². The number of nitrogens with zero attached hydrogens (tertiary/aromatic N) is 3. The maximum Gasteiger partial charge on any atom is 0.271 e. The molecule has 10 heteroatoms. The lowest BCUT2D eigenvalue weighted by molar-refractivity contribution is 0.0954. The van der Waals surface area contributed by atoms with Gasteiger partial charge in [0, 0.05) is 27.4 Å². The van der Waals surface area contributed by atoms with E-state index in [9.17, 15) is 4.79 Å². The zero-order valence-corrected chi connectivity index (χ0v) is 20.8. The fraction of sp³-hybridized carbons (Fsp3) is 0.550. The smallest absolute Gasteiger partial charge is 0.271 e. The number of thiocarbonyl (C=S) groups is 1. The third-order valence-corrected chi connectivity index (χ3v) is 8.23. The van der Waals surface area contributed by atoms with Crippen LogP contribution in [0.15, 0.2) is 16.6 Å². The second-order valence-electron chi connectivity index (χ2n) is 8.03. The van der Waals surface area contributed by atoms with Gasteiger partial charge in [0.1, 0.15) is 21.1 Å². The number of nitrogens with one attached hydrogen (secondary N) is 1. The molecular formula is C20H27N5OS4. The Hall–Kier alpha value is -1.36. The molecule has 2 atom stereocenters. The first kappa shape index (κ1) is 23.3. The number of nitrogens with two attached hydrogens (primary N) is 1. The van der Waals surface area contributed by atoms with Crippen LogP contribution in [0.2, 0.25) is 0 Å². The monoisotopic (exact) mass is 481 g/mol. The average Bonchev–Trinajstić information content (AvgIpc) is 3.38. The van der Waals surface area contributed by atoms with Gasteiger partial charge in [-0.1, -0.05) is 39.9 Å². The lowest BCUT2D eigenvalue weighted by Crippen LogP contribution is -2.34. The fourth-order valence-corrected chi connectivity index (χ4v) is 6.81. The van der Waals surface area contributed by atoms with Crippen molar-refractivity contribution in [1.29, 1.82) is 0 Å². The van der Waals surface area contributed by atoms with E-state index >= 15 is 0 Å². The summed E-state index contributed by atoms with van der Waals surface area (Å²) in [5, 5.41) is 6.85. The van der Waals surface area contributed by atoms with Crippen molar-refractivity contribution in [3.63, 3.8) is 0 Å². The van der Waals surface area contributed by atoms with E-state index in [4.69, 9.17) is 22.9 Å². The molecule has 2 aromatic heterocycles. The molecule has 3 heterocycles. The lowest BCUT2D eigenvalue weighted by atomic mass is 10.0. The average molecular weight is 482 g/mol. The van der Waals surface area contributed by atoms with Crippen molar-refractivity contribution in [2.24, 2.45) is 22.6 Å². The van der Waals surface area contributed by atoms with Crippen LogP contribution in [0, 0.1) is 11.8 Å². The highest BCUT2D eigenvalue weighted by Gasteiger charge is 2.32. The van der Waals surface area contributed by atoms with E-state index in [1.165, 1.54) is 11.3 Å². The minimum atomic E-state index is -0.196. The van der Waals surface area contributed by atoms with Gasteiger partial charge in [0.2, 0.25) is 0 Å². The Kier molecular flexibility index (Phi) is 8.00. The highest BCUT2D eigenvalue weighted by molar-refractivity contribution is 8.01. The molecular weight excluding hydrogens is 455 g/mol. The summed E-state index contributed by atoms with van der Waals surface area (Å²) in [5.41, 5.74) is 7.19. The minimum Gasteiger partial charge on any atom is -0.387 e. The van der Waals surface area contributed by atoms with Gasteiger partial charge in [-0.3, -0.25) is 9.79 Å². The van der Waals surface area contributed by atoms with Gasteiger partial charge in [-0.15, -0.1) is 34.4 Å². The molecule has 30 heavy (non-hydrogen) atoms. The van der Waals surface area contributed by atoms with E-state index in [1.54, 1.807) is 11.3 Å². The second-order valence-corrected chi connectivity index (χ2v) is 11.8. The molecule has 0 saturated carbocycles. The molecule has 0 aromatic carbocycles. The van der Waals surface area contributed by atoms with Gasteiger partial charge in [0.15, 0.2) is 5.01 Å². The molecule has 0 spiro atoms. The molecule has 0 fully saturated rings. The molecule has 1 aliphatic rings. The van der Waals surface area contributed by atoms with Crippen molar-refractivity contribution in [2.75, 3.05) is 6.54 Å². The third kappa shape index (κ3) is 5.87. The minimum absolute atomic E-state index is 0.0117. The van der Waals surface area contributed by atoms with Crippen LogP contribution in [0.4, 0.5) is 0 Å². The first-order chi connectivity index (χ1) is 14.2.